The van der Waals surface area contributed by atoms with E-state index in [9.17, 15) is 13.2 Å². The van der Waals surface area contributed by atoms with Gasteiger partial charge in [-0.05, 0) is 34.1 Å². The maximum atomic E-state index is 12.6. The molecule has 0 saturated heterocycles. The predicted octanol–water partition coefficient (Wildman–Crippen LogP) is 4.25. The Morgan fingerprint density at radius 1 is 1.24 bits per heavy atom. The van der Waals surface area contributed by atoms with Gasteiger partial charge in [-0.2, -0.15) is 18.3 Å². The smallest absolute Gasteiger partial charge is 0.251 e. The van der Waals surface area contributed by atoms with Gasteiger partial charge in [-0.3, -0.25) is 4.98 Å². The van der Waals surface area contributed by atoms with Gasteiger partial charge in [0.05, 0.1) is 9.99 Å². The zero-order chi connectivity index (χ0) is 15.2. The van der Waals surface area contributed by atoms with Gasteiger partial charge in [-0.15, -0.1) is 0 Å². The standard InChI is InChI=1S/C12H5BrClF3N4/c13-7-1-2-10(14)19-11(7)21-5-6-4-18-9(12(15,16)17)3-8(6)20-21/h1-5H. The molecule has 0 unspecified atom stereocenters. The van der Waals surface area contributed by atoms with Crippen LogP contribution >= 0.6 is 27.5 Å². The minimum Gasteiger partial charge on any atom is -0.251 e. The van der Waals surface area contributed by atoms with Crippen molar-refractivity contribution in [2.24, 2.45) is 0 Å². The van der Waals surface area contributed by atoms with Crippen LogP contribution in [-0.2, 0) is 6.18 Å². The lowest BCUT2D eigenvalue weighted by Crippen LogP contribution is -2.07. The summed E-state index contributed by atoms with van der Waals surface area (Å²) in [6.45, 7) is 0. The Morgan fingerprint density at radius 2 is 2.00 bits per heavy atom. The number of nitrogens with zero attached hydrogens (tertiary/aromatic N) is 4. The van der Waals surface area contributed by atoms with E-state index in [0.29, 0.717) is 15.7 Å². The quantitative estimate of drug-likeness (QED) is 0.596. The van der Waals surface area contributed by atoms with Gasteiger partial charge in [0, 0.05) is 17.8 Å². The monoisotopic (exact) mass is 376 g/mol. The summed E-state index contributed by atoms with van der Waals surface area (Å²) in [7, 11) is 0. The van der Waals surface area contributed by atoms with Crippen LogP contribution in [0.2, 0.25) is 5.15 Å². The molecular formula is C12H5BrClF3N4. The molecule has 3 aromatic heterocycles. The second-order valence-electron chi connectivity index (χ2n) is 4.14. The zero-order valence-corrected chi connectivity index (χ0v) is 12.4. The third kappa shape index (κ3) is 2.73. The fraction of sp³-hybridized carbons (Fsp3) is 0.0833. The Bertz CT molecular complexity index is 831. The third-order valence-corrected chi connectivity index (χ3v) is 3.52. The summed E-state index contributed by atoms with van der Waals surface area (Å²) in [6, 6.07) is 4.16. The van der Waals surface area contributed by atoms with E-state index in [4.69, 9.17) is 11.6 Å². The molecule has 0 atom stereocenters. The highest BCUT2D eigenvalue weighted by molar-refractivity contribution is 9.10. The van der Waals surface area contributed by atoms with E-state index in [1.165, 1.54) is 10.9 Å². The summed E-state index contributed by atoms with van der Waals surface area (Å²) >= 11 is 9.11. The molecule has 3 rings (SSSR count). The lowest BCUT2D eigenvalue weighted by atomic mass is 10.3. The van der Waals surface area contributed by atoms with Crippen molar-refractivity contribution in [1.29, 1.82) is 0 Å². The maximum Gasteiger partial charge on any atom is 0.433 e. The summed E-state index contributed by atoms with van der Waals surface area (Å²) < 4.78 is 39.8. The van der Waals surface area contributed by atoms with E-state index < -0.39 is 11.9 Å². The number of fused-ring (bicyclic) bond motifs is 1. The maximum absolute atomic E-state index is 12.6. The lowest BCUT2D eigenvalue weighted by molar-refractivity contribution is -0.141. The molecule has 0 radical (unpaired) electrons. The highest BCUT2D eigenvalue weighted by atomic mass is 79.9. The Morgan fingerprint density at radius 3 is 2.71 bits per heavy atom. The molecule has 4 nitrogen and oxygen atoms in total. The van der Waals surface area contributed by atoms with Crippen LogP contribution in [0, 0.1) is 0 Å². The molecule has 21 heavy (non-hydrogen) atoms. The third-order valence-electron chi connectivity index (χ3n) is 2.69. The van der Waals surface area contributed by atoms with Crippen molar-refractivity contribution < 1.29 is 13.2 Å². The van der Waals surface area contributed by atoms with E-state index >= 15 is 0 Å². The molecule has 3 heterocycles. The van der Waals surface area contributed by atoms with Gasteiger partial charge in [0.1, 0.15) is 10.8 Å². The number of alkyl halides is 3. The molecule has 0 bridgehead atoms. The molecule has 0 amide bonds. The number of aromatic nitrogens is 4. The molecule has 108 valence electrons. The van der Waals surface area contributed by atoms with Gasteiger partial charge in [0.15, 0.2) is 5.82 Å². The summed E-state index contributed by atoms with van der Waals surface area (Å²) in [6.07, 6.45) is -1.85. The number of pyridine rings is 2. The molecule has 0 fully saturated rings. The summed E-state index contributed by atoms with van der Waals surface area (Å²) in [5, 5.41) is 4.81. The van der Waals surface area contributed by atoms with Crippen molar-refractivity contribution in [2.75, 3.05) is 0 Å². The zero-order valence-electron chi connectivity index (χ0n) is 10.1. The average Bonchev–Trinajstić information content (AvgIpc) is 2.83. The topological polar surface area (TPSA) is 43.6 Å². The fourth-order valence-electron chi connectivity index (χ4n) is 1.75. The predicted molar refractivity (Wildman–Crippen MR) is 74.4 cm³/mol. The highest BCUT2D eigenvalue weighted by Crippen LogP contribution is 2.29. The van der Waals surface area contributed by atoms with Crippen LogP contribution in [0.1, 0.15) is 5.69 Å². The highest BCUT2D eigenvalue weighted by Gasteiger charge is 2.32. The largest absolute Gasteiger partial charge is 0.433 e. The van der Waals surface area contributed by atoms with Crippen LogP contribution in [0.5, 0.6) is 0 Å². The first-order chi connectivity index (χ1) is 9.84. The second-order valence-corrected chi connectivity index (χ2v) is 5.38. The van der Waals surface area contributed by atoms with Crippen LogP contribution in [0.25, 0.3) is 16.7 Å². The minimum atomic E-state index is -4.51. The van der Waals surface area contributed by atoms with Crippen LogP contribution < -0.4 is 0 Å². The molecule has 3 aromatic rings. The van der Waals surface area contributed by atoms with Gasteiger partial charge in [0.25, 0.3) is 0 Å². The van der Waals surface area contributed by atoms with E-state index in [2.05, 4.69) is 31.0 Å². The molecule has 9 heteroatoms. The molecule has 0 saturated carbocycles. The molecule has 0 aliphatic carbocycles. The van der Waals surface area contributed by atoms with Gasteiger partial charge in [-0.25, -0.2) is 9.67 Å². The second kappa shape index (κ2) is 4.96. The van der Waals surface area contributed by atoms with Gasteiger partial charge in [-0.1, -0.05) is 11.6 Å². The average molecular weight is 378 g/mol. The summed E-state index contributed by atoms with van der Waals surface area (Å²) in [4.78, 5) is 7.47. The Kier molecular flexibility index (Phi) is 3.37. The Hall–Kier alpha value is -1.67. The first-order valence-electron chi connectivity index (χ1n) is 5.59. The first-order valence-corrected chi connectivity index (χ1v) is 6.77. The number of hydrogen-bond acceptors (Lipinski definition) is 3. The fourth-order valence-corrected chi connectivity index (χ4v) is 2.30. The summed E-state index contributed by atoms with van der Waals surface area (Å²) in [5.74, 6) is 0.382. The van der Waals surface area contributed by atoms with Gasteiger partial charge < -0.3 is 0 Å². The number of hydrogen-bond donors (Lipinski definition) is 0. The van der Waals surface area contributed by atoms with Crippen molar-refractivity contribution in [3.63, 3.8) is 0 Å². The molecule has 0 aliphatic heterocycles. The van der Waals surface area contributed by atoms with Crippen molar-refractivity contribution in [3.8, 4) is 5.82 Å². The number of rotatable bonds is 1. The summed E-state index contributed by atoms with van der Waals surface area (Å²) in [5.41, 5.74) is -0.815. The molecule has 0 aromatic carbocycles. The van der Waals surface area contributed by atoms with Crippen molar-refractivity contribution in [1.82, 2.24) is 19.7 Å². The van der Waals surface area contributed by atoms with E-state index in [0.717, 1.165) is 12.3 Å². The van der Waals surface area contributed by atoms with Crippen molar-refractivity contribution in [3.05, 3.63) is 45.9 Å². The number of halogens is 5. The minimum absolute atomic E-state index is 0.172. The van der Waals surface area contributed by atoms with E-state index in [1.807, 2.05) is 0 Å². The van der Waals surface area contributed by atoms with Crippen molar-refractivity contribution >= 4 is 38.4 Å². The van der Waals surface area contributed by atoms with Crippen molar-refractivity contribution in [2.45, 2.75) is 6.18 Å². The molecular weight excluding hydrogens is 373 g/mol. The SMILES string of the molecule is FC(F)(F)c1cc2nn(-c3nc(Cl)ccc3Br)cc2cn1. The van der Waals surface area contributed by atoms with Crippen LogP contribution in [-0.4, -0.2) is 19.7 Å². The van der Waals surface area contributed by atoms with Crippen LogP contribution in [0.15, 0.2) is 35.1 Å². The van der Waals surface area contributed by atoms with Crippen LogP contribution in [0.4, 0.5) is 13.2 Å². The van der Waals surface area contributed by atoms with Crippen LogP contribution in [0.3, 0.4) is 0 Å². The van der Waals surface area contributed by atoms with E-state index in [-0.39, 0.29) is 10.7 Å². The molecule has 0 N–H and O–H groups in total. The van der Waals surface area contributed by atoms with E-state index in [1.54, 1.807) is 12.1 Å². The molecule has 0 aliphatic rings. The Balaban J connectivity index is 2.15. The Labute approximate surface area is 129 Å². The van der Waals surface area contributed by atoms with Gasteiger partial charge in [0.2, 0.25) is 0 Å². The molecule has 0 spiro atoms. The van der Waals surface area contributed by atoms with Gasteiger partial charge >= 0.3 is 6.18 Å². The first kappa shape index (κ1) is 14.3. The normalized spacial score (nSPS) is 12.0. The lowest BCUT2D eigenvalue weighted by Gasteiger charge is -2.03.